The van der Waals surface area contributed by atoms with Crippen molar-refractivity contribution in [2.75, 3.05) is 5.01 Å². The number of para-hydroxylation sites is 2. The van der Waals surface area contributed by atoms with Crippen molar-refractivity contribution in [3.8, 4) is 0 Å². The molecule has 1 aliphatic carbocycles. The Hall–Kier alpha value is -5.11. The van der Waals surface area contributed by atoms with Gasteiger partial charge in [0.2, 0.25) is 5.91 Å². The van der Waals surface area contributed by atoms with Crippen LogP contribution in [0.25, 0.3) is 11.0 Å². The lowest BCUT2D eigenvalue weighted by Crippen LogP contribution is -2.39. The van der Waals surface area contributed by atoms with Gasteiger partial charge in [-0.15, -0.1) is 0 Å². The van der Waals surface area contributed by atoms with Crippen LogP contribution in [0.3, 0.4) is 0 Å². The molecule has 0 bridgehead atoms. The van der Waals surface area contributed by atoms with Crippen molar-refractivity contribution in [3.05, 3.63) is 118 Å². The van der Waals surface area contributed by atoms with Crippen molar-refractivity contribution in [1.29, 1.82) is 0 Å². The van der Waals surface area contributed by atoms with Gasteiger partial charge in [0.15, 0.2) is 5.76 Å². The number of anilines is 2. The molecule has 0 saturated heterocycles. The third kappa shape index (κ3) is 5.19. The zero-order valence-corrected chi connectivity index (χ0v) is 23.9. The summed E-state index contributed by atoms with van der Waals surface area (Å²) in [6.45, 7) is 5.91. The summed E-state index contributed by atoms with van der Waals surface area (Å²) < 4.78 is 11.9. The molecule has 2 heterocycles. The van der Waals surface area contributed by atoms with Crippen LogP contribution in [-0.4, -0.2) is 17.5 Å². The van der Waals surface area contributed by atoms with E-state index < -0.39 is 0 Å². The van der Waals surface area contributed by atoms with Crippen molar-refractivity contribution in [2.24, 2.45) is 5.10 Å². The highest BCUT2D eigenvalue weighted by atomic mass is 16.4. The van der Waals surface area contributed by atoms with Crippen LogP contribution < -0.4 is 15.9 Å². The van der Waals surface area contributed by atoms with E-state index in [2.05, 4.69) is 16.0 Å². The quantitative estimate of drug-likeness (QED) is 0.213. The average molecular weight is 561 g/mol. The molecular weight excluding hydrogens is 528 g/mol. The zero-order chi connectivity index (χ0) is 29.2. The van der Waals surface area contributed by atoms with Crippen LogP contribution in [0.1, 0.15) is 57.0 Å². The number of carbonyl (C=O) groups excluding carboxylic acids is 2. The summed E-state index contributed by atoms with van der Waals surface area (Å²) in [5, 5.41) is 7.16. The second-order valence-electron chi connectivity index (χ2n) is 10.6. The highest BCUT2D eigenvalue weighted by molar-refractivity contribution is 6.07. The van der Waals surface area contributed by atoms with E-state index in [1.165, 1.54) is 0 Å². The first-order valence-electron chi connectivity index (χ1n) is 14.1. The van der Waals surface area contributed by atoms with Gasteiger partial charge in [0.25, 0.3) is 0 Å². The first kappa shape index (κ1) is 27.1. The Bertz CT molecular complexity index is 1760. The monoisotopic (exact) mass is 560 g/mol. The zero-order valence-electron chi connectivity index (χ0n) is 23.9. The highest BCUT2D eigenvalue weighted by Crippen LogP contribution is 2.31. The van der Waals surface area contributed by atoms with Crippen molar-refractivity contribution in [3.63, 3.8) is 0 Å². The molecule has 212 valence electrons. The molecule has 2 N–H and O–H groups in total. The largest absolute Gasteiger partial charge is 0.464 e. The fourth-order valence-electron chi connectivity index (χ4n) is 5.45. The Balaban J connectivity index is 1.22. The number of furan rings is 2. The van der Waals surface area contributed by atoms with E-state index >= 15 is 0 Å². The molecule has 0 aliphatic heterocycles. The van der Waals surface area contributed by atoms with Gasteiger partial charge in [-0.05, 0) is 69.0 Å². The van der Waals surface area contributed by atoms with Gasteiger partial charge in [-0.2, -0.15) is 5.10 Å². The van der Waals surface area contributed by atoms with Crippen LogP contribution in [0.15, 0.2) is 93.0 Å². The van der Waals surface area contributed by atoms with E-state index in [0.717, 1.165) is 51.0 Å². The number of carbonyl (C=O) groups is 2. The maximum atomic E-state index is 13.6. The lowest BCUT2D eigenvalue weighted by molar-refractivity contribution is -0.120. The molecule has 8 heteroatoms. The van der Waals surface area contributed by atoms with Gasteiger partial charge >= 0.3 is 5.91 Å². The molecule has 0 atom stereocenters. The van der Waals surface area contributed by atoms with E-state index in [1.54, 1.807) is 11.3 Å². The van der Waals surface area contributed by atoms with Gasteiger partial charge < -0.3 is 8.83 Å². The van der Waals surface area contributed by atoms with E-state index in [1.807, 2.05) is 93.6 Å². The first-order valence-corrected chi connectivity index (χ1v) is 14.1. The van der Waals surface area contributed by atoms with Crippen molar-refractivity contribution in [1.82, 2.24) is 10.9 Å². The van der Waals surface area contributed by atoms with Gasteiger partial charge in [-0.25, -0.2) is 5.43 Å². The fraction of sp³-hybridized carbons (Fsp3) is 0.206. The third-order valence-electron chi connectivity index (χ3n) is 7.78. The van der Waals surface area contributed by atoms with Crippen molar-refractivity contribution in [2.45, 2.75) is 46.5 Å². The predicted molar refractivity (Wildman–Crippen MR) is 163 cm³/mol. The number of hydrogen-bond donors (Lipinski definition) is 2. The number of rotatable bonds is 7. The van der Waals surface area contributed by atoms with Crippen LogP contribution in [-0.2, 0) is 17.6 Å². The molecule has 3 aromatic carbocycles. The number of amides is 2. The maximum Gasteiger partial charge on any atom is 0.306 e. The SMILES string of the molecule is Cc1ccc2c(CC(=O)N/N=C3\CCCc4oc(C(=O)NN(c5ccccc5)c5ccccc5)c(C)c43)coc2c1C. The van der Waals surface area contributed by atoms with E-state index in [4.69, 9.17) is 8.83 Å². The van der Waals surface area contributed by atoms with E-state index in [9.17, 15) is 9.59 Å². The lowest BCUT2D eigenvalue weighted by Gasteiger charge is -2.25. The van der Waals surface area contributed by atoms with Gasteiger partial charge in [0.05, 0.1) is 29.8 Å². The van der Waals surface area contributed by atoms with Crippen LogP contribution in [0.5, 0.6) is 0 Å². The summed E-state index contributed by atoms with van der Waals surface area (Å²) in [6, 6.07) is 23.3. The number of hydrazone groups is 1. The Morgan fingerprint density at radius 3 is 2.26 bits per heavy atom. The highest BCUT2D eigenvalue weighted by Gasteiger charge is 2.29. The molecule has 5 aromatic rings. The Morgan fingerprint density at radius 1 is 0.881 bits per heavy atom. The molecule has 8 nitrogen and oxygen atoms in total. The molecule has 0 radical (unpaired) electrons. The topological polar surface area (TPSA) is 100 Å². The summed E-state index contributed by atoms with van der Waals surface area (Å²) in [5.41, 5.74) is 13.4. The number of benzene rings is 3. The minimum absolute atomic E-state index is 0.145. The summed E-state index contributed by atoms with van der Waals surface area (Å²) >= 11 is 0. The second-order valence-corrected chi connectivity index (χ2v) is 10.6. The minimum Gasteiger partial charge on any atom is -0.464 e. The van der Waals surface area contributed by atoms with Gasteiger partial charge in [0, 0.05) is 28.5 Å². The fourth-order valence-corrected chi connectivity index (χ4v) is 5.45. The molecule has 0 spiro atoms. The summed E-state index contributed by atoms with van der Waals surface area (Å²) in [4.78, 5) is 26.5. The molecule has 2 aromatic heterocycles. The summed E-state index contributed by atoms with van der Waals surface area (Å²) in [7, 11) is 0. The van der Waals surface area contributed by atoms with Gasteiger partial charge in [-0.1, -0.05) is 48.5 Å². The number of fused-ring (bicyclic) bond motifs is 2. The van der Waals surface area contributed by atoms with E-state index in [-0.39, 0.29) is 24.0 Å². The molecule has 1 aliphatic rings. The normalized spacial score (nSPS) is 13.6. The number of hydrazine groups is 1. The average Bonchev–Trinajstić information content (AvgIpc) is 3.58. The summed E-state index contributed by atoms with van der Waals surface area (Å²) in [5.74, 6) is 0.328. The Labute approximate surface area is 244 Å². The predicted octanol–water partition coefficient (Wildman–Crippen LogP) is 6.83. The van der Waals surface area contributed by atoms with Crippen LogP contribution in [0.2, 0.25) is 0 Å². The minimum atomic E-state index is -0.365. The maximum absolute atomic E-state index is 13.6. The third-order valence-corrected chi connectivity index (χ3v) is 7.78. The number of hydrogen-bond acceptors (Lipinski definition) is 6. The van der Waals surface area contributed by atoms with Gasteiger partial charge in [-0.3, -0.25) is 20.0 Å². The smallest absolute Gasteiger partial charge is 0.306 e. The van der Waals surface area contributed by atoms with Crippen LogP contribution in [0, 0.1) is 20.8 Å². The van der Waals surface area contributed by atoms with Crippen LogP contribution >= 0.6 is 0 Å². The van der Waals surface area contributed by atoms with Gasteiger partial charge in [0.1, 0.15) is 11.3 Å². The van der Waals surface area contributed by atoms with Crippen LogP contribution in [0.4, 0.5) is 11.4 Å². The van der Waals surface area contributed by atoms with Crippen molar-refractivity contribution < 1.29 is 18.4 Å². The molecule has 6 rings (SSSR count). The number of nitrogens with zero attached hydrogens (tertiary/aromatic N) is 2. The molecule has 0 fully saturated rings. The van der Waals surface area contributed by atoms with E-state index in [0.29, 0.717) is 29.9 Å². The number of nitrogens with one attached hydrogen (secondary N) is 2. The Morgan fingerprint density at radius 2 is 1.57 bits per heavy atom. The first-order chi connectivity index (χ1) is 20.4. The lowest BCUT2D eigenvalue weighted by atomic mass is 9.93. The Kier molecular flexibility index (Phi) is 7.35. The molecule has 0 saturated carbocycles. The standard InChI is InChI=1S/C34H32N4O4/c1-21-17-18-27-24(20-41-32(27)22(21)2)19-30(39)36-35-28-15-10-16-29-31(28)23(3)33(42-29)34(40)37-38(25-11-6-4-7-12-25)26-13-8-5-9-14-26/h4-9,11-14,17-18,20H,10,15-16,19H2,1-3H3,(H,36,39)(H,37,40)/b35-28+. The molecule has 2 amide bonds. The second kappa shape index (κ2) is 11.4. The number of aryl methyl sites for hydroxylation is 3. The summed E-state index contributed by atoms with van der Waals surface area (Å²) in [6.07, 6.45) is 3.95. The van der Waals surface area contributed by atoms with Crippen molar-refractivity contribution >= 4 is 39.9 Å². The molecular formula is C34H32N4O4. The molecule has 0 unspecified atom stereocenters. The molecule has 42 heavy (non-hydrogen) atoms.